The van der Waals surface area contributed by atoms with Crippen LogP contribution in [0.3, 0.4) is 0 Å². The van der Waals surface area contributed by atoms with E-state index in [0.717, 1.165) is 24.0 Å². The number of rotatable bonds is 9. The van der Waals surface area contributed by atoms with Gasteiger partial charge < -0.3 is 10.4 Å². The molecule has 0 aliphatic rings. The summed E-state index contributed by atoms with van der Waals surface area (Å²) in [6.45, 7) is 4.19. The predicted octanol–water partition coefficient (Wildman–Crippen LogP) is 4.75. The second-order valence-electron chi connectivity index (χ2n) is 5.38. The Bertz CT molecular complexity index is 464. The fourth-order valence-electron chi connectivity index (χ4n) is 2.28. The van der Waals surface area contributed by atoms with E-state index in [-0.39, 0.29) is 0 Å². The third-order valence-corrected chi connectivity index (χ3v) is 3.59. The van der Waals surface area contributed by atoms with Crippen LogP contribution in [-0.4, -0.2) is 21.8 Å². The second kappa shape index (κ2) is 9.97. The highest BCUT2D eigenvalue weighted by molar-refractivity contribution is 6.48. The van der Waals surface area contributed by atoms with Gasteiger partial charge in [0, 0.05) is 5.56 Å². The molecule has 1 rings (SSSR count). The predicted molar refractivity (Wildman–Crippen MR) is 86.7 cm³/mol. The molecule has 4 heteroatoms. The fourth-order valence-corrected chi connectivity index (χ4v) is 2.28. The molecular formula is C17H26N2O2. The molecule has 0 aliphatic heterocycles. The molecule has 1 aromatic carbocycles. The normalized spacial score (nSPS) is 12.7. The lowest BCUT2D eigenvalue weighted by molar-refractivity contribution is 0.313. The highest BCUT2D eigenvalue weighted by atomic mass is 16.4. The van der Waals surface area contributed by atoms with Crippen LogP contribution in [0.5, 0.6) is 0 Å². The van der Waals surface area contributed by atoms with E-state index in [1.165, 1.54) is 25.7 Å². The van der Waals surface area contributed by atoms with E-state index < -0.39 is 0 Å². The Labute approximate surface area is 127 Å². The Morgan fingerprint density at radius 2 is 1.52 bits per heavy atom. The lowest BCUT2D eigenvalue weighted by Gasteiger charge is -2.07. The highest BCUT2D eigenvalue weighted by Gasteiger charge is 2.13. The first-order chi connectivity index (χ1) is 10.2. The third-order valence-electron chi connectivity index (χ3n) is 3.59. The smallest absolute Gasteiger partial charge is 0.134 e. The molecule has 0 unspecified atom stereocenters. The summed E-state index contributed by atoms with van der Waals surface area (Å²) in [5.74, 6) is 0. The maximum Gasteiger partial charge on any atom is 0.134 e. The number of benzene rings is 1. The molecule has 116 valence electrons. The first-order valence-corrected chi connectivity index (χ1v) is 7.73. The molecule has 0 spiro atoms. The zero-order valence-electron chi connectivity index (χ0n) is 13.0. The van der Waals surface area contributed by atoms with Crippen molar-refractivity contribution in [3.63, 3.8) is 0 Å². The molecule has 0 amide bonds. The van der Waals surface area contributed by atoms with Crippen LogP contribution in [0, 0.1) is 6.92 Å². The zero-order chi connectivity index (χ0) is 15.5. The van der Waals surface area contributed by atoms with Crippen LogP contribution in [-0.2, 0) is 0 Å². The molecular weight excluding hydrogens is 264 g/mol. The minimum atomic E-state index is 0.353. The van der Waals surface area contributed by atoms with Crippen LogP contribution in [0.1, 0.15) is 63.0 Å². The van der Waals surface area contributed by atoms with Crippen molar-refractivity contribution in [2.75, 3.05) is 0 Å². The zero-order valence-corrected chi connectivity index (χ0v) is 13.0. The van der Waals surface area contributed by atoms with E-state index in [0.29, 0.717) is 17.8 Å². The number of nitrogens with zero attached hydrogens (tertiary/aromatic N) is 2. The number of aryl methyl sites for hydroxylation is 1. The summed E-state index contributed by atoms with van der Waals surface area (Å²) >= 11 is 0. The summed E-state index contributed by atoms with van der Waals surface area (Å²) in [6, 6.07) is 7.63. The van der Waals surface area contributed by atoms with Crippen molar-refractivity contribution in [2.45, 2.75) is 58.8 Å². The van der Waals surface area contributed by atoms with Gasteiger partial charge in [-0.25, -0.2) is 0 Å². The van der Waals surface area contributed by atoms with Gasteiger partial charge in [-0.2, -0.15) is 0 Å². The number of unbranched alkanes of at least 4 members (excludes halogenated alkanes) is 5. The number of hydrogen-bond acceptors (Lipinski definition) is 4. The molecule has 0 heterocycles. The Morgan fingerprint density at radius 1 is 0.905 bits per heavy atom. The van der Waals surface area contributed by atoms with Crippen LogP contribution in [0.15, 0.2) is 34.6 Å². The largest absolute Gasteiger partial charge is 0.411 e. The van der Waals surface area contributed by atoms with Gasteiger partial charge in [-0.3, -0.25) is 0 Å². The van der Waals surface area contributed by atoms with E-state index in [2.05, 4.69) is 17.2 Å². The van der Waals surface area contributed by atoms with Crippen LogP contribution in [0.25, 0.3) is 0 Å². The molecule has 0 fully saturated rings. The van der Waals surface area contributed by atoms with Crippen LogP contribution < -0.4 is 0 Å². The Morgan fingerprint density at radius 3 is 2.10 bits per heavy atom. The van der Waals surface area contributed by atoms with Crippen molar-refractivity contribution >= 4 is 11.4 Å². The van der Waals surface area contributed by atoms with Gasteiger partial charge >= 0.3 is 0 Å². The van der Waals surface area contributed by atoms with Crippen LogP contribution >= 0.6 is 0 Å². The fraction of sp³-hybridized carbons (Fsp3) is 0.529. The Balaban J connectivity index is 2.55. The van der Waals surface area contributed by atoms with Crippen LogP contribution in [0.2, 0.25) is 0 Å². The minimum absolute atomic E-state index is 0.353. The van der Waals surface area contributed by atoms with Crippen LogP contribution in [0.4, 0.5) is 0 Å². The quantitative estimate of drug-likeness (QED) is 0.298. The van der Waals surface area contributed by atoms with E-state index in [4.69, 9.17) is 0 Å². The summed E-state index contributed by atoms with van der Waals surface area (Å²) in [7, 11) is 0. The molecule has 0 atom stereocenters. The van der Waals surface area contributed by atoms with Gasteiger partial charge in [0.25, 0.3) is 0 Å². The van der Waals surface area contributed by atoms with E-state index >= 15 is 0 Å². The summed E-state index contributed by atoms with van der Waals surface area (Å²) in [6.07, 6.45) is 7.62. The summed E-state index contributed by atoms with van der Waals surface area (Å²) < 4.78 is 0. The van der Waals surface area contributed by atoms with Crippen molar-refractivity contribution in [3.8, 4) is 0 Å². The summed E-state index contributed by atoms with van der Waals surface area (Å²) in [4.78, 5) is 0. The average molecular weight is 290 g/mol. The molecule has 0 saturated heterocycles. The van der Waals surface area contributed by atoms with Gasteiger partial charge in [-0.1, -0.05) is 79.2 Å². The maximum absolute atomic E-state index is 9.22. The van der Waals surface area contributed by atoms with Crippen molar-refractivity contribution < 1.29 is 10.4 Å². The average Bonchev–Trinajstić information content (AvgIpc) is 2.51. The van der Waals surface area contributed by atoms with Gasteiger partial charge in [0.2, 0.25) is 0 Å². The van der Waals surface area contributed by atoms with Gasteiger partial charge in [0.15, 0.2) is 0 Å². The molecule has 1 aromatic rings. The molecule has 0 radical (unpaired) electrons. The third kappa shape index (κ3) is 5.98. The first-order valence-electron chi connectivity index (χ1n) is 7.73. The van der Waals surface area contributed by atoms with Crippen molar-refractivity contribution in [2.24, 2.45) is 10.3 Å². The number of hydrogen-bond donors (Lipinski definition) is 2. The first kappa shape index (κ1) is 17.2. The monoisotopic (exact) mass is 290 g/mol. The second-order valence-corrected chi connectivity index (χ2v) is 5.38. The van der Waals surface area contributed by atoms with Crippen molar-refractivity contribution in [1.29, 1.82) is 0 Å². The molecule has 0 bridgehead atoms. The molecule has 2 N–H and O–H groups in total. The van der Waals surface area contributed by atoms with E-state index in [1.54, 1.807) is 0 Å². The maximum atomic E-state index is 9.22. The molecule has 4 nitrogen and oxygen atoms in total. The van der Waals surface area contributed by atoms with Gasteiger partial charge in [0.1, 0.15) is 11.4 Å². The summed E-state index contributed by atoms with van der Waals surface area (Å²) in [5.41, 5.74) is 2.69. The number of oxime groups is 2. The Kier molecular flexibility index (Phi) is 8.17. The topological polar surface area (TPSA) is 65.2 Å². The summed E-state index contributed by atoms with van der Waals surface area (Å²) in [5, 5.41) is 25.0. The lowest BCUT2D eigenvalue weighted by atomic mass is 10.00. The van der Waals surface area contributed by atoms with Gasteiger partial charge in [-0.05, 0) is 19.8 Å². The molecule has 0 aliphatic carbocycles. The van der Waals surface area contributed by atoms with E-state index in [9.17, 15) is 10.4 Å². The van der Waals surface area contributed by atoms with Crippen molar-refractivity contribution in [1.82, 2.24) is 0 Å². The molecule has 0 aromatic heterocycles. The molecule has 0 saturated carbocycles. The van der Waals surface area contributed by atoms with Gasteiger partial charge in [0.05, 0.1) is 0 Å². The van der Waals surface area contributed by atoms with Crippen molar-refractivity contribution in [3.05, 3.63) is 35.4 Å². The lowest BCUT2D eigenvalue weighted by Crippen LogP contribution is -2.16. The standard InChI is InChI=1S/C17H26N2O2/c1-3-4-5-6-7-8-9-16(18-20)17(19-21)15-12-10-14(2)11-13-15/h10-13,20-21H,3-9H2,1-2H3/b18-16+,19-17+. The van der Waals surface area contributed by atoms with E-state index in [1.807, 2.05) is 31.2 Å². The van der Waals surface area contributed by atoms with Gasteiger partial charge in [-0.15, -0.1) is 0 Å². The Hall–Kier alpha value is -1.84. The highest BCUT2D eigenvalue weighted by Crippen LogP contribution is 2.12. The SMILES string of the molecule is CCCCCCCCC(=N\O)/C(=N/O)c1ccc(C)cc1. The minimum Gasteiger partial charge on any atom is -0.411 e. The molecule has 21 heavy (non-hydrogen) atoms.